The molecule has 0 unspecified atom stereocenters. The fourth-order valence-electron chi connectivity index (χ4n) is 3.80. The first kappa shape index (κ1) is 11.8. The van der Waals surface area contributed by atoms with E-state index in [0.717, 1.165) is 12.8 Å². The molecular formula is C14H22O2. The molecular weight excluding hydrogens is 200 g/mol. The lowest BCUT2D eigenvalue weighted by Gasteiger charge is -2.46. The van der Waals surface area contributed by atoms with Crippen LogP contribution in [0.1, 0.15) is 53.4 Å². The van der Waals surface area contributed by atoms with Crippen LogP contribution in [0.15, 0.2) is 11.6 Å². The Morgan fingerprint density at radius 2 is 1.94 bits per heavy atom. The Bertz CT molecular complexity index is 363. The predicted molar refractivity (Wildman–Crippen MR) is 64.1 cm³/mol. The third-order valence-electron chi connectivity index (χ3n) is 4.38. The van der Waals surface area contributed by atoms with E-state index < -0.39 is 11.0 Å². The van der Waals surface area contributed by atoms with Crippen molar-refractivity contribution in [2.24, 2.45) is 10.8 Å². The average Bonchev–Trinajstić information content (AvgIpc) is 2.27. The Hall–Kier alpha value is -0.630. The molecule has 2 aliphatic carbocycles. The average molecular weight is 222 g/mol. The summed E-state index contributed by atoms with van der Waals surface area (Å²) >= 11 is 0. The summed E-state index contributed by atoms with van der Waals surface area (Å²) in [6.07, 6.45) is 4.93. The zero-order valence-electron chi connectivity index (χ0n) is 10.8. The number of carbonyl (C=O) groups excluding carboxylic acids is 1. The maximum absolute atomic E-state index is 12.2. The lowest BCUT2D eigenvalue weighted by atomic mass is 9.59. The van der Waals surface area contributed by atoms with Gasteiger partial charge in [-0.25, -0.2) is 0 Å². The van der Waals surface area contributed by atoms with Crippen LogP contribution in [0.4, 0.5) is 0 Å². The summed E-state index contributed by atoms with van der Waals surface area (Å²) in [4.78, 5) is 12.2. The van der Waals surface area contributed by atoms with Gasteiger partial charge in [0.1, 0.15) is 5.78 Å². The van der Waals surface area contributed by atoms with Crippen LogP contribution >= 0.6 is 0 Å². The van der Waals surface area contributed by atoms with Crippen molar-refractivity contribution in [2.75, 3.05) is 0 Å². The topological polar surface area (TPSA) is 37.3 Å². The van der Waals surface area contributed by atoms with Gasteiger partial charge in [-0.1, -0.05) is 25.5 Å². The monoisotopic (exact) mass is 222 g/mol. The van der Waals surface area contributed by atoms with Crippen LogP contribution in [0, 0.1) is 10.8 Å². The molecule has 0 aromatic heterocycles. The van der Waals surface area contributed by atoms with Gasteiger partial charge in [-0.3, -0.25) is 4.79 Å². The molecule has 0 bridgehead atoms. The summed E-state index contributed by atoms with van der Waals surface area (Å²) in [7, 11) is 0. The van der Waals surface area contributed by atoms with Crippen LogP contribution in [0.2, 0.25) is 0 Å². The van der Waals surface area contributed by atoms with Crippen molar-refractivity contribution >= 4 is 5.78 Å². The fourth-order valence-corrected chi connectivity index (χ4v) is 3.80. The molecule has 0 amide bonds. The molecule has 2 aliphatic rings. The highest BCUT2D eigenvalue weighted by Gasteiger charge is 2.59. The quantitative estimate of drug-likeness (QED) is 0.640. The lowest BCUT2D eigenvalue weighted by molar-refractivity contribution is -0.139. The highest BCUT2D eigenvalue weighted by atomic mass is 16.3. The molecule has 90 valence electrons. The number of Topliss-reactive ketones (excluding diaryl/α,β-unsaturated/α-hetero) is 1. The van der Waals surface area contributed by atoms with Crippen molar-refractivity contribution in [1.29, 1.82) is 0 Å². The van der Waals surface area contributed by atoms with Crippen LogP contribution in [-0.2, 0) is 4.79 Å². The van der Waals surface area contributed by atoms with E-state index in [1.807, 2.05) is 6.92 Å². The molecule has 0 heterocycles. The van der Waals surface area contributed by atoms with Gasteiger partial charge in [-0.2, -0.15) is 0 Å². The molecule has 0 aromatic rings. The smallest absolute Gasteiger partial charge is 0.142 e. The zero-order chi connectivity index (χ0) is 12.2. The van der Waals surface area contributed by atoms with Gasteiger partial charge < -0.3 is 5.11 Å². The summed E-state index contributed by atoms with van der Waals surface area (Å²) in [5.41, 5.74) is -0.0785. The maximum Gasteiger partial charge on any atom is 0.142 e. The van der Waals surface area contributed by atoms with Crippen LogP contribution in [0.3, 0.4) is 0 Å². The molecule has 2 nitrogen and oxygen atoms in total. The summed E-state index contributed by atoms with van der Waals surface area (Å²) in [6.45, 7) is 8.22. The van der Waals surface area contributed by atoms with E-state index in [4.69, 9.17) is 0 Å². The molecule has 1 spiro atoms. The summed E-state index contributed by atoms with van der Waals surface area (Å²) < 4.78 is 0. The molecule has 1 fully saturated rings. The molecule has 1 saturated carbocycles. The fraction of sp³-hybridized carbons (Fsp3) is 0.786. The van der Waals surface area contributed by atoms with E-state index >= 15 is 0 Å². The summed E-state index contributed by atoms with van der Waals surface area (Å²) in [5, 5.41) is 10.5. The molecule has 2 atom stereocenters. The Morgan fingerprint density at radius 3 is 2.38 bits per heavy atom. The van der Waals surface area contributed by atoms with E-state index in [-0.39, 0.29) is 11.2 Å². The van der Waals surface area contributed by atoms with E-state index in [2.05, 4.69) is 26.8 Å². The van der Waals surface area contributed by atoms with E-state index in [1.54, 1.807) is 0 Å². The molecule has 0 aliphatic heterocycles. The summed E-state index contributed by atoms with van der Waals surface area (Å²) in [6, 6.07) is 0. The minimum atomic E-state index is -0.823. The van der Waals surface area contributed by atoms with Gasteiger partial charge in [0.2, 0.25) is 0 Å². The molecule has 0 aromatic carbocycles. The third-order valence-corrected chi connectivity index (χ3v) is 4.38. The van der Waals surface area contributed by atoms with Crippen molar-refractivity contribution < 1.29 is 9.90 Å². The number of hydrogen-bond acceptors (Lipinski definition) is 2. The predicted octanol–water partition coefficient (Wildman–Crippen LogP) is 2.85. The number of aliphatic hydroxyl groups is 1. The second-order valence-corrected chi connectivity index (χ2v) is 6.61. The number of carbonyl (C=O) groups is 1. The zero-order valence-corrected chi connectivity index (χ0v) is 10.8. The van der Waals surface area contributed by atoms with Gasteiger partial charge in [0, 0.05) is 6.42 Å². The van der Waals surface area contributed by atoms with Gasteiger partial charge in [0.15, 0.2) is 0 Å². The molecule has 1 N–H and O–H groups in total. The van der Waals surface area contributed by atoms with Crippen molar-refractivity contribution in [2.45, 2.75) is 59.0 Å². The van der Waals surface area contributed by atoms with Gasteiger partial charge >= 0.3 is 0 Å². The minimum absolute atomic E-state index is 0.0202. The van der Waals surface area contributed by atoms with Crippen molar-refractivity contribution in [1.82, 2.24) is 0 Å². The molecule has 0 saturated heterocycles. The Morgan fingerprint density at radius 1 is 1.31 bits per heavy atom. The normalized spacial score (nSPS) is 42.6. The van der Waals surface area contributed by atoms with Crippen LogP contribution in [0.5, 0.6) is 0 Å². The molecule has 0 radical (unpaired) electrons. The Kier molecular flexibility index (Phi) is 2.36. The number of ketones is 1. The number of allylic oxidation sites excluding steroid dienone is 2. The standard InChI is InChI=1S/C14H22O2/c1-10-7-12(2,3)9-14(8-10)11(15)5-6-13(14,4)16/h7,16H,5-6,8-9H2,1-4H3/t13-,14+/m0/s1. The van der Waals surface area contributed by atoms with Gasteiger partial charge in [-0.15, -0.1) is 0 Å². The van der Waals surface area contributed by atoms with E-state index in [9.17, 15) is 9.90 Å². The first-order chi connectivity index (χ1) is 7.19. The number of hydrogen-bond donors (Lipinski definition) is 1. The SMILES string of the molecule is CC1=CC(C)(C)C[C@]2(C1)C(=O)CC[C@]2(C)O. The van der Waals surface area contributed by atoms with E-state index in [1.165, 1.54) is 5.57 Å². The van der Waals surface area contributed by atoms with Crippen molar-refractivity contribution in [3.63, 3.8) is 0 Å². The Labute approximate surface area is 97.7 Å². The molecule has 16 heavy (non-hydrogen) atoms. The lowest BCUT2D eigenvalue weighted by Crippen LogP contribution is -2.49. The second kappa shape index (κ2) is 3.19. The Balaban J connectivity index is 2.47. The summed E-state index contributed by atoms with van der Waals surface area (Å²) in [5.74, 6) is 0.262. The molecule has 2 rings (SSSR count). The first-order valence-electron chi connectivity index (χ1n) is 6.13. The van der Waals surface area contributed by atoms with E-state index in [0.29, 0.717) is 12.8 Å². The van der Waals surface area contributed by atoms with Gasteiger partial charge in [0.25, 0.3) is 0 Å². The number of rotatable bonds is 0. The van der Waals surface area contributed by atoms with Gasteiger partial charge in [-0.05, 0) is 38.5 Å². The van der Waals surface area contributed by atoms with Crippen molar-refractivity contribution in [3.8, 4) is 0 Å². The maximum atomic E-state index is 12.2. The van der Waals surface area contributed by atoms with Crippen LogP contribution in [-0.4, -0.2) is 16.5 Å². The largest absolute Gasteiger partial charge is 0.389 e. The highest BCUT2D eigenvalue weighted by Crippen LogP contribution is 2.56. The second-order valence-electron chi connectivity index (χ2n) is 6.61. The van der Waals surface area contributed by atoms with Crippen LogP contribution in [0.25, 0.3) is 0 Å². The third kappa shape index (κ3) is 1.55. The van der Waals surface area contributed by atoms with Gasteiger partial charge in [0.05, 0.1) is 11.0 Å². The first-order valence-corrected chi connectivity index (χ1v) is 6.13. The molecule has 2 heteroatoms. The van der Waals surface area contributed by atoms with Crippen molar-refractivity contribution in [3.05, 3.63) is 11.6 Å². The van der Waals surface area contributed by atoms with Crippen LogP contribution < -0.4 is 0 Å². The minimum Gasteiger partial charge on any atom is -0.389 e. The highest BCUT2D eigenvalue weighted by molar-refractivity contribution is 5.89.